The van der Waals surface area contributed by atoms with Crippen LogP contribution in [0.15, 0.2) is 9.98 Å². The van der Waals surface area contributed by atoms with Gasteiger partial charge in [0.05, 0.1) is 7.11 Å². The number of ether oxygens (including phenoxy) is 1. The Morgan fingerprint density at radius 3 is 2.77 bits per heavy atom. The topological polar surface area (TPSA) is 127 Å². The third-order valence-corrected chi connectivity index (χ3v) is 1.39. The molecule has 8 heteroatoms. The fourth-order valence-corrected chi connectivity index (χ4v) is 0.856. The zero-order valence-corrected chi connectivity index (χ0v) is 6.72. The number of guanidine groups is 1. The summed E-state index contributed by atoms with van der Waals surface area (Å²) < 4.78 is 4.61. The summed E-state index contributed by atoms with van der Waals surface area (Å²) in [4.78, 5) is 16.6. The second-order valence-corrected chi connectivity index (χ2v) is 2.20. The predicted octanol–water partition coefficient (Wildman–Crippen LogP) is -1.02. The zero-order chi connectivity index (χ0) is 10.0. The highest BCUT2D eigenvalue weighted by Crippen LogP contribution is 2.03. The van der Waals surface area contributed by atoms with Crippen LogP contribution in [0.25, 0.3) is 0 Å². The third kappa shape index (κ3) is 1.60. The highest BCUT2D eigenvalue weighted by molar-refractivity contribution is 6.15. The summed E-state index contributed by atoms with van der Waals surface area (Å²) in [5.41, 5.74) is 5.24. The molecule has 1 heterocycles. The normalized spacial score (nSPS) is 21.9. The molecule has 8 nitrogen and oxygen atoms in total. The van der Waals surface area contributed by atoms with E-state index in [4.69, 9.17) is 11.1 Å². The molecule has 0 aromatic carbocycles. The number of nitrogens with one attached hydrogen (secondary N) is 1. The van der Waals surface area contributed by atoms with E-state index >= 15 is 0 Å². The standard InChI is InChI=1S/C5H7N5O3/c1-13-4-2(10(11)12)3(6)8-5(7)9-4/h2H,1H3,(H3,6,7,8). The number of hydrogen-bond acceptors (Lipinski definition) is 5. The zero-order valence-electron chi connectivity index (χ0n) is 6.72. The number of hydrogen-bond donors (Lipinski definition) is 2. The molecule has 1 aliphatic rings. The highest BCUT2D eigenvalue weighted by Gasteiger charge is 2.36. The molecule has 0 aromatic rings. The summed E-state index contributed by atoms with van der Waals surface area (Å²) >= 11 is 0. The number of methoxy groups -OCH3 is 1. The molecule has 0 bridgehead atoms. The molecule has 0 saturated heterocycles. The fraction of sp³-hybridized carbons (Fsp3) is 0.400. The lowest BCUT2D eigenvalue weighted by Crippen LogP contribution is -2.45. The lowest BCUT2D eigenvalue weighted by atomic mass is 10.2. The molecular formula is C5H7N5O3. The van der Waals surface area contributed by atoms with Crippen molar-refractivity contribution in [2.24, 2.45) is 15.7 Å². The van der Waals surface area contributed by atoms with E-state index in [1.165, 1.54) is 7.11 Å². The molecular weight excluding hydrogens is 178 g/mol. The minimum absolute atomic E-state index is 0.220. The molecule has 0 radical (unpaired) electrons. The Kier molecular flexibility index (Phi) is 2.22. The molecule has 1 unspecified atom stereocenters. The Morgan fingerprint density at radius 1 is 1.69 bits per heavy atom. The Balaban J connectivity index is 3.05. The lowest BCUT2D eigenvalue weighted by Gasteiger charge is -2.13. The summed E-state index contributed by atoms with van der Waals surface area (Å²) in [7, 11) is 1.22. The van der Waals surface area contributed by atoms with Crippen LogP contribution >= 0.6 is 0 Å². The van der Waals surface area contributed by atoms with E-state index in [9.17, 15) is 10.1 Å². The van der Waals surface area contributed by atoms with Gasteiger partial charge in [0.15, 0.2) is 5.84 Å². The Labute approximate surface area is 72.8 Å². The summed E-state index contributed by atoms with van der Waals surface area (Å²) in [5, 5.41) is 17.5. The van der Waals surface area contributed by atoms with Gasteiger partial charge < -0.3 is 10.5 Å². The van der Waals surface area contributed by atoms with Crippen molar-refractivity contribution in [3.8, 4) is 0 Å². The van der Waals surface area contributed by atoms with Crippen LogP contribution in [-0.2, 0) is 4.74 Å². The first-order valence-corrected chi connectivity index (χ1v) is 3.25. The SMILES string of the molecule is COC1=NC(=N)N=C(N)C1[N+](=O)[O-]. The van der Waals surface area contributed by atoms with E-state index in [1.54, 1.807) is 0 Å². The maximum Gasteiger partial charge on any atom is 0.343 e. The average Bonchev–Trinajstić information content (AvgIpc) is 2.01. The van der Waals surface area contributed by atoms with Crippen molar-refractivity contribution in [2.45, 2.75) is 6.04 Å². The van der Waals surface area contributed by atoms with Gasteiger partial charge in [-0.05, 0) is 0 Å². The van der Waals surface area contributed by atoms with Crippen LogP contribution in [0.3, 0.4) is 0 Å². The van der Waals surface area contributed by atoms with E-state index in [2.05, 4.69) is 14.7 Å². The van der Waals surface area contributed by atoms with Gasteiger partial charge in [-0.2, -0.15) is 9.98 Å². The Bertz CT molecular complexity index is 320. The molecule has 0 aromatic heterocycles. The minimum atomic E-state index is -1.38. The van der Waals surface area contributed by atoms with Gasteiger partial charge in [0.2, 0.25) is 5.96 Å². The molecule has 13 heavy (non-hydrogen) atoms. The van der Waals surface area contributed by atoms with Crippen LogP contribution in [0.1, 0.15) is 0 Å². The van der Waals surface area contributed by atoms with Crippen molar-refractivity contribution in [2.75, 3.05) is 7.11 Å². The van der Waals surface area contributed by atoms with Gasteiger partial charge >= 0.3 is 6.04 Å². The maximum absolute atomic E-state index is 10.5. The molecule has 3 N–H and O–H groups in total. The first-order valence-electron chi connectivity index (χ1n) is 3.25. The first-order chi connectivity index (χ1) is 6.06. The first kappa shape index (κ1) is 9.10. The van der Waals surface area contributed by atoms with Crippen LogP contribution < -0.4 is 5.73 Å². The van der Waals surface area contributed by atoms with Gasteiger partial charge in [-0.25, -0.2) is 0 Å². The van der Waals surface area contributed by atoms with Crippen LogP contribution in [0.5, 0.6) is 0 Å². The van der Waals surface area contributed by atoms with E-state index < -0.39 is 16.9 Å². The van der Waals surface area contributed by atoms with Gasteiger partial charge in [-0.1, -0.05) is 0 Å². The minimum Gasteiger partial charge on any atom is -0.479 e. The summed E-state index contributed by atoms with van der Waals surface area (Å²) in [6.07, 6.45) is 0. The van der Waals surface area contributed by atoms with Crippen LogP contribution in [0.4, 0.5) is 0 Å². The second-order valence-electron chi connectivity index (χ2n) is 2.20. The Hall–Kier alpha value is -1.99. The second kappa shape index (κ2) is 3.17. The quantitative estimate of drug-likeness (QED) is 0.400. The smallest absolute Gasteiger partial charge is 0.343 e. The van der Waals surface area contributed by atoms with E-state index in [1.807, 2.05) is 0 Å². The number of rotatable bonds is 1. The van der Waals surface area contributed by atoms with Gasteiger partial charge in [0, 0.05) is 4.92 Å². The molecule has 0 spiro atoms. The number of aliphatic imine (C=N–C) groups is 2. The molecule has 70 valence electrons. The molecule has 1 aliphatic heterocycles. The van der Waals surface area contributed by atoms with Crippen molar-refractivity contribution < 1.29 is 9.66 Å². The van der Waals surface area contributed by atoms with E-state index in [0.29, 0.717) is 0 Å². The van der Waals surface area contributed by atoms with Crippen molar-refractivity contribution >= 4 is 17.7 Å². The molecule has 0 saturated carbocycles. The van der Waals surface area contributed by atoms with Gasteiger partial charge in [0.25, 0.3) is 5.90 Å². The number of amidine groups is 1. The molecule has 0 amide bonds. The molecule has 0 fully saturated rings. The van der Waals surface area contributed by atoms with Crippen molar-refractivity contribution in [1.29, 1.82) is 5.41 Å². The van der Waals surface area contributed by atoms with Gasteiger partial charge in [-0.3, -0.25) is 15.5 Å². The largest absolute Gasteiger partial charge is 0.479 e. The predicted molar refractivity (Wildman–Crippen MR) is 44.6 cm³/mol. The van der Waals surface area contributed by atoms with Crippen LogP contribution in [0, 0.1) is 15.5 Å². The van der Waals surface area contributed by atoms with Gasteiger partial charge in [-0.15, -0.1) is 0 Å². The molecule has 1 atom stereocenters. The van der Waals surface area contributed by atoms with Crippen LogP contribution in [0.2, 0.25) is 0 Å². The van der Waals surface area contributed by atoms with Crippen LogP contribution in [-0.4, -0.2) is 35.8 Å². The van der Waals surface area contributed by atoms with Crippen molar-refractivity contribution in [1.82, 2.24) is 0 Å². The monoisotopic (exact) mass is 185 g/mol. The van der Waals surface area contributed by atoms with Crippen molar-refractivity contribution in [3.63, 3.8) is 0 Å². The third-order valence-electron chi connectivity index (χ3n) is 1.39. The van der Waals surface area contributed by atoms with Gasteiger partial charge in [0.1, 0.15) is 0 Å². The molecule has 0 aliphatic carbocycles. The number of nitrogens with zero attached hydrogens (tertiary/aromatic N) is 3. The summed E-state index contributed by atoms with van der Waals surface area (Å²) in [6.45, 7) is 0. The van der Waals surface area contributed by atoms with E-state index in [-0.39, 0.29) is 11.7 Å². The maximum atomic E-state index is 10.5. The fourth-order valence-electron chi connectivity index (χ4n) is 0.856. The number of nitro groups is 1. The number of nitrogens with two attached hydrogens (primary N) is 1. The lowest BCUT2D eigenvalue weighted by molar-refractivity contribution is -0.486. The summed E-state index contributed by atoms with van der Waals surface area (Å²) in [6, 6.07) is -1.38. The van der Waals surface area contributed by atoms with Crippen molar-refractivity contribution in [3.05, 3.63) is 10.1 Å². The molecule has 1 rings (SSSR count). The average molecular weight is 185 g/mol. The van der Waals surface area contributed by atoms with E-state index in [0.717, 1.165) is 0 Å². The Morgan fingerprint density at radius 2 is 2.31 bits per heavy atom. The summed E-state index contributed by atoms with van der Waals surface area (Å²) in [5.74, 6) is -0.906. The highest BCUT2D eigenvalue weighted by atomic mass is 16.6.